The molecule has 5 nitrogen and oxygen atoms in total. The number of methoxy groups -OCH3 is 1. The van der Waals surface area contributed by atoms with Gasteiger partial charge >= 0.3 is 0 Å². The Bertz CT molecular complexity index is 644. The fourth-order valence-corrected chi connectivity index (χ4v) is 3.55. The summed E-state index contributed by atoms with van der Waals surface area (Å²) in [5.74, 6) is 0.674. The number of thiazole rings is 1. The van der Waals surface area contributed by atoms with Crippen LogP contribution in [-0.2, 0) is 11.3 Å². The molecule has 6 heteroatoms. The lowest BCUT2D eigenvalue weighted by molar-refractivity contribution is -0.0128. The molecule has 0 bridgehead atoms. The van der Waals surface area contributed by atoms with Crippen LogP contribution in [0.5, 0.6) is 11.5 Å². The zero-order chi connectivity index (χ0) is 15.5. The van der Waals surface area contributed by atoms with Gasteiger partial charge in [-0.1, -0.05) is 6.07 Å². The fourth-order valence-electron chi connectivity index (χ4n) is 2.63. The van der Waals surface area contributed by atoms with Crippen LogP contribution in [0.25, 0.3) is 0 Å². The minimum atomic E-state index is 0.167. The Morgan fingerprint density at radius 1 is 1.50 bits per heavy atom. The minimum absolute atomic E-state index is 0.167. The van der Waals surface area contributed by atoms with Gasteiger partial charge in [0.15, 0.2) is 11.5 Å². The van der Waals surface area contributed by atoms with Gasteiger partial charge in [-0.2, -0.15) is 0 Å². The van der Waals surface area contributed by atoms with Crippen LogP contribution >= 0.6 is 11.3 Å². The van der Waals surface area contributed by atoms with Gasteiger partial charge in [-0.3, -0.25) is 4.90 Å². The van der Waals surface area contributed by atoms with Gasteiger partial charge in [-0.15, -0.1) is 11.3 Å². The number of phenolic OH excluding ortho intramolecular Hbond substituents is 1. The summed E-state index contributed by atoms with van der Waals surface area (Å²) in [7, 11) is 1.56. The smallest absolute Gasteiger partial charge is 0.160 e. The van der Waals surface area contributed by atoms with Crippen LogP contribution in [0.4, 0.5) is 0 Å². The van der Waals surface area contributed by atoms with E-state index in [1.54, 1.807) is 24.5 Å². The zero-order valence-corrected chi connectivity index (χ0v) is 13.6. The van der Waals surface area contributed by atoms with Crippen molar-refractivity contribution in [2.45, 2.75) is 19.5 Å². The zero-order valence-electron chi connectivity index (χ0n) is 12.8. The Kier molecular flexibility index (Phi) is 4.61. The lowest BCUT2D eigenvalue weighted by Gasteiger charge is -2.34. The van der Waals surface area contributed by atoms with Crippen molar-refractivity contribution in [2.75, 3.05) is 26.9 Å². The Morgan fingerprint density at radius 2 is 2.36 bits per heavy atom. The lowest BCUT2D eigenvalue weighted by Crippen LogP contribution is -2.39. The first-order valence-electron chi connectivity index (χ1n) is 7.27. The van der Waals surface area contributed by atoms with Gasteiger partial charge in [0.25, 0.3) is 0 Å². The molecule has 0 amide bonds. The first-order chi connectivity index (χ1) is 10.7. The first-order valence-corrected chi connectivity index (χ1v) is 8.15. The van der Waals surface area contributed by atoms with Gasteiger partial charge in [0.05, 0.1) is 26.4 Å². The normalized spacial score (nSPS) is 19.3. The van der Waals surface area contributed by atoms with Gasteiger partial charge in [0, 0.05) is 24.2 Å². The number of aromatic nitrogens is 1. The molecule has 0 spiro atoms. The van der Waals surface area contributed by atoms with Crippen molar-refractivity contribution < 1.29 is 14.6 Å². The summed E-state index contributed by atoms with van der Waals surface area (Å²) < 4.78 is 10.8. The van der Waals surface area contributed by atoms with Crippen molar-refractivity contribution in [2.24, 2.45) is 0 Å². The highest BCUT2D eigenvalue weighted by atomic mass is 32.1. The second-order valence-electron chi connectivity index (χ2n) is 5.39. The highest BCUT2D eigenvalue weighted by Gasteiger charge is 2.27. The molecule has 0 aliphatic carbocycles. The van der Waals surface area contributed by atoms with Crippen LogP contribution in [0.15, 0.2) is 23.6 Å². The monoisotopic (exact) mass is 320 g/mol. The molecule has 0 saturated carbocycles. The molecule has 1 fully saturated rings. The third-order valence-corrected chi connectivity index (χ3v) is 4.85. The SMILES string of the molecule is COc1cc(CN2CCOC[C@H]2c2nc(C)cs2)ccc1O. The number of hydrogen-bond acceptors (Lipinski definition) is 6. The van der Waals surface area contributed by atoms with E-state index >= 15 is 0 Å². The summed E-state index contributed by atoms with van der Waals surface area (Å²) >= 11 is 1.68. The summed E-state index contributed by atoms with van der Waals surface area (Å²) in [5.41, 5.74) is 2.16. The standard InChI is InChI=1S/C16H20N2O3S/c1-11-10-22-16(17-11)13-9-21-6-5-18(13)8-12-3-4-14(19)15(7-12)20-2/h3-4,7,10,13,19H,5-6,8-9H2,1-2H3/t13-/m0/s1. The van der Waals surface area contributed by atoms with Crippen LogP contribution in [0.3, 0.4) is 0 Å². The van der Waals surface area contributed by atoms with E-state index in [0.29, 0.717) is 12.4 Å². The number of phenols is 1. The summed E-state index contributed by atoms with van der Waals surface area (Å²) in [6.45, 7) is 5.06. The molecule has 1 aliphatic heterocycles. The second kappa shape index (κ2) is 6.64. The number of hydrogen-bond donors (Lipinski definition) is 1. The van der Waals surface area contributed by atoms with Gasteiger partial charge in [-0.25, -0.2) is 4.98 Å². The quantitative estimate of drug-likeness (QED) is 0.939. The van der Waals surface area contributed by atoms with Crippen molar-refractivity contribution >= 4 is 11.3 Å². The average molecular weight is 320 g/mol. The predicted octanol–water partition coefficient (Wildman–Crippen LogP) is 2.74. The van der Waals surface area contributed by atoms with E-state index in [1.165, 1.54) is 0 Å². The van der Waals surface area contributed by atoms with Crippen molar-refractivity contribution in [1.29, 1.82) is 0 Å². The predicted molar refractivity (Wildman–Crippen MR) is 85.5 cm³/mol. The van der Waals surface area contributed by atoms with E-state index in [-0.39, 0.29) is 11.8 Å². The fraction of sp³-hybridized carbons (Fsp3) is 0.438. The van der Waals surface area contributed by atoms with E-state index < -0.39 is 0 Å². The van der Waals surface area contributed by atoms with E-state index in [1.807, 2.05) is 19.1 Å². The van der Waals surface area contributed by atoms with E-state index in [4.69, 9.17) is 9.47 Å². The molecule has 1 atom stereocenters. The number of rotatable bonds is 4. The van der Waals surface area contributed by atoms with Crippen LogP contribution in [0, 0.1) is 6.92 Å². The molecule has 1 aliphatic rings. The Labute approximate surface area is 134 Å². The molecular weight excluding hydrogens is 300 g/mol. The van der Waals surface area contributed by atoms with Gasteiger partial charge in [0.1, 0.15) is 5.01 Å². The van der Waals surface area contributed by atoms with Crippen molar-refractivity contribution in [3.8, 4) is 11.5 Å². The van der Waals surface area contributed by atoms with Crippen LogP contribution in [0.1, 0.15) is 22.3 Å². The Morgan fingerprint density at radius 3 is 3.09 bits per heavy atom. The highest BCUT2D eigenvalue weighted by molar-refractivity contribution is 7.09. The van der Waals surface area contributed by atoms with Crippen molar-refractivity contribution in [1.82, 2.24) is 9.88 Å². The second-order valence-corrected chi connectivity index (χ2v) is 6.28. The van der Waals surface area contributed by atoms with Crippen LogP contribution < -0.4 is 4.74 Å². The number of benzene rings is 1. The summed E-state index contributed by atoms with van der Waals surface area (Å²) in [6.07, 6.45) is 0. The molecule has 3 rings (SSSR count). The molecule has 118 valence electrons. The maximum absolute atomic E-state index is 9.71. The molecule has 0 unspecified atom stereocenters. The Balaban J connectivity index is 1.79. The van der Waals surface area contributed by atoms with Crippen LogP contribution in [0.2, 0.25) is 0 Å². The Hall–Kier alpha value is -1.63. The summed E-state index contributed by atoms with van der Waals surface area (Å²) in [5, 5.41) is 12.9. The summed E-state index contributed by atoms with van der Waals surface area (Å²) in [4.78, 5) is 6.97. The highest BCUT2D eigenvalue weighted by Crippen LogP contribution is 2.31. The van der Waals surface area contributed by atoms with Crippen molar-refractivity contribution in [3.63, 3.8) is 0 Å². The molecule has 1 aromatic heterocycles. The van der Waals surface area contributed by atoms with E-state index in [2.05, 4.69) is 15.3 Å². The molecular formula is C16H20N2O3S. The minimum Gasteiger partial charge on any atom is -0.504 e. The maximum Gasteiger partial charge on any atom is 0.160 e. The van der Waals surface area contributed by atoms with Gasteiger partial charge in [0.2, 0.25) is 0 Å². The van der Waals surface area contributed by atoms with Gasteiger partial charge in [-0.05, 0) is 24.6 Å². The summed E-state index contributed by atoms with van der Waals surface area (Å²) in [6, 6.07) is 5.68. The largest absolute Gasteiger partial charge is 0.504 e. The number of ether oxygens (including phenoxy) is 2. The van der Waals surface area contributed by atoms with Gasteiger partial charge < -0.3 is 14.6 Å². The number of nitrogens with zero attached hydrogens (tertiary/aromatic N) is 2. The average Bonchev–Trinajstić information content (AvgIpc) is 2.96. The molecule has 1 saturated heterocycles. The third-order valence-electron chi connectivity index (χ3n) is 3.79. The number of morpholine rings is 1. The number of aromatic hydroxyl groups is 1. The third kappa shape index (κ3) is 3.24. The molecule has 1 N–H and O–H groups in total. The first kappa shape index (κ1) is 15.3. The molecule has 0 radical (unpaired) electrons. The number of aryl methyl sites for hydroxylation is 1. The molecule has 1 aromatic carbocycles. The van der Waals surface area contributed by atoms with E-state index in [9.17, 15) is 5.11 Å². The topological polar surface area (TPSA) is 54.8 Å². The molecule has 2 heterocycles. The molecule has 2 aromatic rings. The lowest BCUT2D eigenvalue weighted by atomic mass is 10.1. The van der Waals surface area contributed by atoms with E-state index in [0.717, 1.165) is 36.0 Å². The maximum atomic E-state index is 9.71. The molecule has 22 heavy (non-hydrogen) atoms. The van der Waals surface area contributed by atoms with Crippen molar-refractivity contribution in [3.05, 3.63) is 39.8 Å². The van der Waals surface area contributed by atoms with Crippen LogP contribution in [-0.4, -0.2) is 41.9 Å².